The first-order valence-corrected chi connectivity index (χ1v) is 11.6. The zero-order valence-electron chi connectivity index (χ0n) is 17.5. The number of rotatable bonds is 7. The van der Waals surface area contributed by atoms with E-state index in [9.17, 15) is 13.2 Å². The first kappa shape index (κ1) is 22.1. The zero-order valence-corrected chi connectivity index (χ0v) is 18.3. The van der Waals surface area contributed by atoms with Gasteiger partial charge in [0.15, 0.2) is 6.54 Å². The van der Waals surface area contributed by atoms with Gasteiger partial charge in [-0.05, 0) is 36.6 Å². The van der Waals surface area contributed by atoms with Gasteiger partial charge in [-0.1, -0.05) is 48.9 Å². The molecular formula is C22H29N4O3S+. The Morgan fingerprint density at radius 3 is 2.33 bits per heavy atom. The number of aryl methyl sites for hydroxylation is 2. The van der Waals surface area contributed by atoms with E-state index in [2.05, 4.69) is 17.5 Å². The number of quaternary nitrogens is 1. The first-order chi connectivity index (χ1) is 14.4. The van der Waals surface area contributed by atoms with Crippen molar-refractivity contribution in [2.45, 2.75) is 25.2 Å². The van der Waals surface area contributed by atoms with E-state index in [1.807, 2.05) is 31.2 Å². The van der Waals surface area contributed by atoms with Gasteiger partial charge >= 0.3 is 0 Å². The molecule has 0 atom stereocenters. The largest absolute Gasteiger partial charge is 0.325 e. The van der Waals surface area contributed by atoms with Gasteiger partial charge in [-0.15, -0.1) is 0 Å². The fourth-order valence-corrected chi connectivity index (χ4v) is 4.81. The van der Waals surface area contributed by atoms with Gasteiger partial charge in [-0.3, -0.25) is 4.79 Å². The average Bonchev–Trinajstić information content (AvgIpc) is 2.75. The average molecular weight is 430 g/mol. The normalized spacial score (nSPS) is 16.1. The molecule has 2 N–H and O–H groups in total. The Kier molecular flexibility index (Phi) is 7.36. The number of carbonyl (C=O) groups is 1. The minimum atomic E-state index is -3.48. The number of nitrogens with one attached hydrogen (secondary N) is 2. The van der Waals surface area contributed by atoms with Crippen molar-refractivity contribution in [3.05, 3.63) is 65.2 Å². The van der Waals surface area contributed by atoms with E-state index in [0.717, 1.165) is 22.4 Å². The SMILES string of the molecule is CCc1ccc(C=NNC(=O)C[NH+]2CCN(S(=O)(=O)c3ccc(C)cc3)CC2)cc1. The topological polar surface area (TPSA) is 83.3 Å². The Morgan fingerprint density at radius 2 is 1.73 bits per heavy atom. The number of hydrogen-bond donors (Lipinski definition) is 2. The van der Waals surface area contributed by atoms with Gasteiger partial charge in [-0.2, -0.15) is 9.41 Å². The second kappa shape index (κ2) is 9.97. The number of sulfonamides is 1. The van der Waals surface area contributed by atoms with Crippen molar-refractivity contribution < 1.29 is 18.1 Å². The van der Waals surface area contributed by atoms with Gasteiger partial charge in [0.1, 0.15) is 0 Å². The quantitative estimate of drug-likeness (QED) is 0.499. The van der Waals surface area contributed by atoms with Crippen LogP contribution in [0.15, 0.2) is 58.5 Å². The molecule has 1 aliphatic heterocycles. The molecule has 3 rings (SSSR count). The van der Waals surface area contributed by atoms with Crippen molar-refractivity contribution in [3.63, 3.8) is 0 Å². The Balaban J connectivity index is 1.46. The van der Waals surface area contributed by atoms with Gasteiger partial charge in [0.25, 0.3) is 5.91 Å². The highest BCUT2D eigenvalue weighted by molar-refractivity contribution is 7.89. The summed E-state index contributed by atoms with van der Waals surface area (Å²) >= 11 is 0. The number of hydrazone groups is 1. The van der Waals surface area contributed by atoms with E-state index in [1.165, 1.54) is 9.87 Å². The van der Waals surface area contributed by atoms with Crippen LogP contribution in [0.1, 0.15) is 23.6 Å². The molecule has 0 aromatic heterocycles. The number of piperazine rings is 1. The lowest BCUT2D eigenvalue weighted by atomic mass is 10.1. The molecule has 0 unspecified atom stereocenters. The number of nitrogens with zero attached hydrogens (tertiary/aromatic N) is 2. The summed E-state index contributed by atoms with van der Waals surface area (Å²) in [4.78, 5) is 13.5. The molecule has 0 radical (unpaired) electrons. The first-order valence-electron chi connectivity index (χ1n) is 10.2. The minimum absolute atomic E-state index is 0.179. The van der Waals surface area contributed by atoms with E-state index in [0.29, 0.717) is 31.1 Å². The van der Waals surface area contributed by atoms with Crippen molar-refractivity contribution in [2.75, 3.05) is 32.7 Å². The van der Waals surface area contributed by atoms with Crippen molar-refractivity contribution in [3.8, 4) is 0 Å². The molecular weight excluding hydrogens is 400 g/mol. The third-order valence-corrected chi connectivity index (χ3v) is 7.20. The van der Waals surface area contributed by atoms with Crippen LogP contribution in [0, 0.1) is 6.92 Å². The second-order valence-corrected chi connectivity index (χ2v) is 9.47. The molecule has 0 aliphatic carbocycles. The summed E-state index contributed by atoms with van der Waals surface area (Å²) in [6, 6.07) is 14.9. The van der Waals surface area contributed by atoms with E-state index in [1.54, 1.807) is 30.5 Å². The zero-order chi connectivity index (χ0) is 21.6. The molecule has 0 spiro atoms. The lowest BCUT2D eigenvalue weighted by Gasteiger charge is -2.31. The Labute approximate surface area is 178 Å². The van der Waals surface area contributed by atoms with Crippen molar-refractivity contribution in [1.82, 2.24) is 9.73 Å². The van der Waals surface area contributed by atoms with Crippen LogP contribution in [0.2, 0.25) is 0 Å². The molecule has 1 amide bonds. The fraction of sp³-hybridized carbons (Fsp3) is 0.364. The fourth-order valence-electron chi connectivity index (χ4n) is 3.36. The van der Waals surface area contributed by atoms with Crippen LogP contribution in [-0.2, 0) is 21.2 Å². The summed E-state index contributed by atoms with van der Waals surface area (Å²) < 4.78 is 27.0. The van der Waals surface area contributed by atoms with Gasteiger partial charge in [0.2, 0.25) is 10.0 Å². The second-order valence-electron chi connectivity index (χ2n) is 7.53. The van der Waals surface area contributed by atoms with Crippen LogP contribution in [0.4, 0.5) is 0 Å². The smallest absolute Gasteiger partial charge is 0.295 e. The van der Waals surface area contributed by atoms with Gasteiger partial charge in [-0.25, -0.2) is 13.8 Å². The number of amides is 1. The van der Waals surface area contributed by atoms with Crippen LogP contribution in [0.5, 0.6) is 0 Å². The van der Waals surface area contributed by atoms with E-state index in [4.69, 9.17) is 0 Å². The van der Waals surface area contributed by atoms with Gasteiger partial charge in [0, 0.05) is 0 Å². The molecule has 8 heteroatoms. The molecule has 2 aromatic rings. The maximum Gasteiger partial charge on any atom is 0.295 e. The summed E-state index contributed by atoms with van der Waals surface area (Å²) in [6.45, 7) is 6.25. The maximum absolute atomic E-state index is 12.8. The predicted octanol–water partition coefficient (Wildman–Crippen LogP) is 0.597. The summed E-state index contributed by atoms with van der Waals surface area (Å²) in [6.07, 6.45) is 2.61. The third-order valence-electron chi connectivity index (χ3n) is 5.29. The summed E-state index contributed by atoms with van der Waals surface area (Å²) in [7, 11) is -3.48. The Morgan fingerprint density at radius 1 is 1.10 bits per heavy atom. The van der Waals surface area contributed by atoms with Crippen molar-refractivity contribution in [1.29, 1.82) is 0 Å². The van der Waals surface area contributed by atoms with E-state index >= 15 is 0 Å². The molecule has 160 valence electrons. The lowest BCUT2D eigenvalue weighted by molar-refractivity contribution is -0.895. The van der Waals surface area contributed by atoms with Crippen LogP contribution >= 0.6 is 0 Å². The van der Waals surface area contributed by atoms with E-state index < -0.39 is 10.0 Å². The molecule has 0 saturated carbocycles. The molecule has 1 fully saturated rings. The molecule has 2 aromatic carbocycles. The van der Waals surface area contributed by atoms with Gasteiger partial charge in [0.05, 0.1) is 37.3 Å². The summed E-state index contributed by atoms with van der Waals surface area (Å²) in [5.41, 5.74) is 5.76. The van der Waals surface area contributed by atoms with Crippen LogP contribution in [-0.4, -0.2) is 57.6 Å². The maximum atomic E-state index is 12.8. The summed E-state index contributed by atoms with van der Waals surface area (Å²) in [5.74, 6) is -0.179. The van der Waals surface area contributed by atoms with Crippen LogP contribution in [0.3, 0.4) is 0 Å². The highest BCUT2D eigenvalue weighted by atomic mass is 32.2. The molecule has 7 nitrogen and oxygen atoms in total. The van der Waals surface area contributed by atoms with Gasteiger partial charge < -0.3 is 4.90 Å². The number of hydrogen-bond acceptors (Lipinski definition) is 4. The molecule has 1 aliphatic rings. The third kappa shape index (κ3) is 5.75. The minimum Gasteiger partial charge on any atom is -0.325 e. The lowest BCUT2D eigenvalue weighted by Crippen LogP contribution is -3.15. The van der Waals surface area contributed by atoms with Crippen molar-refractivity contribution >= 4 is 22.1 Å². The Hall–Kier alpha value is -2.55. The van der Waals surface area contributed by atoms with Crippen LogP contribution in [0.25, 0.3) is 0 Å². The molecule has 1 saturated heterocycles. The number of benzene rings is 2. The number of carbonyl (C=O) groups excluding carboxylic acids is 1. The standard InChI is InChI=1S/C22H28N4O3S/c1-3-19-6-8-20(9-7-19)16-23-24-22(27)17-25-12-14-26(15-13-25)30(28,29)21-10-4-18(2)5-11-21/h4-11,16H,3,12-15,17H2,1-2H3,(H,24,27)/p+1. The summed E-state index contributed by atoms with van der Waals surface area (Å²) in [5, 5.41) is 4.02. The molecule has 30 heavy (non-hydrogen) atoms. The van der Waals surface area contributed by atoms with Crippen molar-refractivity contribution in [2.24, 2.45) is 5.10 Å². The molecule has 1 heterocycles. The van der Waals surface area contributed by atoms with E-state index in [-0.39, 0.29) is 12.5 Å². The monoisotopic (exact) mass is 429 g/mol. The Bertz CT molecular complexity index is 978. The molecule has 0 bridgehead atoms. The van der Waals surface area contributed by atoms with Crippen LogP contribution < -0.4 is 10.3 Å². The highest BCUT2D eigenvalue weighted by Crippen LogP contribution is 2.16. The predicted molar refractivity (Wildman–Crippen MR) is 117 cm³/mol. The highest BCUT2D eigenvalue weighted by Gasteiger charge is 2.31.